The van der Waals surface area contributed by atoms with Crippen LogP contribution in [0.15, 0.2) is 18.3 Å². The molecule has 82 valence electrons. The van der Waals surface area contributed by atoms with Crippen molar-refractivity contribution in [2.24, 2.45) is 5.92 Å². The van der Waals surface area contributed by atoms with Crippen molar-refractivity contribution in [3.8, 4) is 5.88 Å². The standard InChI is InChI=1S/C10H14N2O3/c1-7(10(13)14)6-12-8-3-4-11-9(5-8)15-2/h3-5,7H,6H2,1-2H3,(H,11,12)(H,13,14). The number of aromatic nitrogens is 1. The lowest BCUT2D eigenvalue weighted by Gasteiger charge is -2.09. The number of rotatable bonds is 5. The predicted octanol–water partition coefficient (Wildman–Crippen LogP) is 1.22. The van der Waals surface area contributed by atoms with E-state index in [0.717, 1.165) is 5.69 Å². The van der Waals surface area contributed by atoms with E-state index in [2.05, 4.69) is 10.3 Å². The zero-order valence-corrected chi connectivity index (χ0v) is 8.73. The molecule has 1 heterocycles. The van der Waals surface area contributed by atoms with Crippen LogP contribution in [-0.2, 0) is 4.79 Å². The van der Waals surface area contributed by atoms with Gasteiger partial charge >= 0.3 is 5.97 Å². The molecule has 5 heteroatoms. The molecule has 0 aromatic carbocycles. The van der Waals surface area contributed by atoms with Crippen LogP contribution < -0.4 is 10.1 Å². The van der Waals surface area contributed by atoms with Crippen LogP contribution >= 0.6 is 0 Å². The second-order valence-electron chi connectivity index (χ2n) is 3.21. The molecule has 1 rings (SSSR count). The molecule has 5 nitrogen and oxygen atoms in total. The van der Waals surface area contributed by atoms with Gasteiger partial charge in [0.1, 0.15) is 0 Å². The number of methoxy groups -OCH3 is 1. The van der Waals surface area contributed by atoms with Gasteiger partial charge in [0, 0.05) is 24.5 Å². The molecule has 1 atom stereocenters. The first-order valence-corrected chi connectivity index (χ1v) is 4.60. The van der Waals surface area contributed by atoms with Crippen LogP contribution in [0.3, 0.4) is 0 Å². The van der Waals surface area contributed by atoms with Gasteiger partial charge < -0.3 is 15.2 Å². The number of aliphatic carboxylic acids is 1. The normalized spacial score (nSPS) is 11.9. The number of ether oxygens (including phenoxy) is 1. The zero-order valence-electron chi connectivity index (χ0n) is 8.73. The third-order valence-electron chi connectivity index (χ3n) is 1.98. The lowest BCUT2D eigenvalue weighted by atomic mass is 10.2. The van der Waals surface area contributed by atoms with E-state index >= 15 is 0 Å². The molecule has 15 heavy (non-hydrogen) atoms. The summed E-state index contributed by atoms with van der Waals surface area (Å²) in [6, 6.07) is 3.48. The third-order valence-corrected chi connectivity index (χ3v) is 1.98. The summed E-state index contributed by atoms with van der Waals surface area (Å²) in [4.78, 5) is 14.5. The minimum absolute atomic E-state index is 0.377. The number of hydrogen-bond acceptors (Lipinski definition) is 4. The highest BCUT2D eigenvalue weighted by molar-refractivity contribution is 5.70. The molecule has 2 N–H and O–H groups in total. The molecule has 0 saturated carbocycles. The summed E-state index contributed by atoms with van der Waals surface area (Å²) in [5.74, 6) is -0.740. The number of anilines is 1. The first-order valence-electron chi connectivity index (χ1n) is 4.60. The molecule has 0 bridgehead atoms. The van der Waals surface area contributed by atoms with Crippen LogP contribution in [0.1, 0.15) is 6.92 Å². The molecule has 1 aromatic rings. The monoisotopic (exact) mass is 210 g/mol. The Kier molecular flexibility index (Phi) is 3.91. The Bertz CT molecular complexity index is 341. The van der Waals surface area contributed by atoms with Crippen molar-refractivity contribution in [1.82, 2.24) is 4.98 Å². The van der Waals surface area contributed by atoms with Gasteiger partial charge in [-0.05, 0) is 6.07 Å². The van der Waals surface area contributed by atoms with Crippen LogP contribution in [0.2, 0.25) is 0 Å². The summed E-state index contributed by atoms with van der Waals surface area (Å²) in [5.41, 5.74) is 0.801. The number of nitrogens with zero attached hydrogens (tertiary/aromatic N) is 1. The number of hydrogen-bond donors (Lipinski definition) is 2. The second-order valence-corrected chi connectivity index (χ2v) is 3.21. The smallest absolute Gasteiger partial charge is 0.308 e. The fourth-order valence-electron chi connectivity index (χ4n) is 0.989. The molecule has 0 fully saturated rings. The maximum atomic E-state index is 10.6. The molecule has 0 saturated heterocycles. The summed E-state index contributed by atoms with van der Waals surface area (Å²) >= 11 is 0. The lowest BCUT2D eigenvalue weighted by molar-refractivity contribution is -0.140. The molecule has 0 aliphatic carbocycles. The van der Waals surface area contributed by atoms with E-state index in [-0.39, 0.29) is 0 Å². The summed E-state index contributed by atoms with van der Waals surface area (Å²) < 4.78 is 4.94. The highest BCUT2D eigenvalue weighted by atomic mass is 16.5. The lowest BCUT2D eigenvalue weighted by Crippen LogP contribution is -2.19. The average molecular weight is 210 g/mol. The Morgan fingerprint density at radius 1 is 1.73 bits per heavy atom. The Morgan fingerprint density at radius 3 is 3.07 bits per heavy atom. The number of nitrogens with one attached hydrogen (secondary N) is 1. The number of pyridine rings is 1. The average Bonchev–Trinajstić information content (AvgIpc) is 2.26. The minimum Gasteiger partial charge on any atom is -0.481 e. The van der Waals surface area contributed by atoms with E-state index in [1.165, 1.54) is 7.11 Å². The highest BCUT2D eigenvalue weighted by Crippen LogP contribution is 2.13. The van der Waals surface area contributed by atoms with Crippen molar-refractivity contribution in [1.29, 1.82) is 0 Å². The van der Waals surface area contributed by atoms with Gasteiger partial charge in [0.25, 0.3) is 0 Å². The van der Waals surface area contributed by atoms with E-state index < -0.39 is 11.9 Å². The maximum Gasteiger partial charge on any atom is 0.308 e. The molecular weight excluding hydrogens is 196 g/mol. The summed E-state index contributed by atoms with van der Waals surface area (Å²) in [5, 5.41) is 11.7. The van der Waals surface area contributed by atoms with Crippen molar-refractivity contribution in [3.05, 3.63) is 18.3 Å². The first kappa shape index (κ1) is 11.3. The van der Waals surface area contributed by atoms with Gasteiger partial charge in [-0.2, -0.15) is 0 Å². The van der Waals surface area contributed by atoms with Gasteiger partial charge in [0.05, 0.1) is 13.0 Å². The van der Waals surface area contributed by atoms with E-state index in [1.807, 2.05) is 0 Å². The van der Waals surface area contributed by atoms with Crippen LogP contribution in [0, 0.1) is 5.92 Å². The van der Waals surface area contributed by atoms with Crippen molar-refractivity contribution in [3.63, 3.8) is 0 Å². The molecule has 1 aromatic heterocycles. The van der Waals surface area contributed by atoms with Gasteiger partial charge in [0.2, 0.25) is 5.88 Å². The van der Waals surface area contributed by atoms with E-state index in [9.17, 15) is 4.79 Å². The first-order chi connectivity index (χ1) is 7.13. The van der Waals surface area contributed by atoms with Crippen LogP contribution in [0.25, 0.3) is 0 Å². The summed E-state index contributed by atoms with van der Waals surface area (Å²) in [6.45, 7) is 2.02. The van der Waals surface area contributed by atoms with E-state index in [1.54, 1.807) is 25.3 Å². The Labute approximate surface area is 88.1 Å². The third kappa shape index (κ3) is 3.46. The van der Waals surface area contributed by atoms with Crippen LogP contribution in [0.5, 0.6) is 5.88 Å². The highest BCUT2D eigenvalue weighted by Gasteiger charge is 2.09. The largest absolute Gasteiger partial charge is 0.481 e. The SMILES string of the molecule is COc1cc(NCC(C)C(=O)O)ccn1. The summed E-state index contributed by atoms with van der Waals surface area (Å²) in [7, 11) is 1.53. The number of carboxylic acids is 1. The quantitative estimate of drug-likeness (QED) is 0.764. The fraction of sp³-hybridized carbons (Fsp3) is 0.400. The molecule has 0 spiro atoms. The molecule has 0 aliphatic heterocycles. The Morgan fingerprint density at radius 2 is 2.47 bits per heavy atom. The van der Waals surface area contributed by atoms with Gasteiger partial charge in [-0.25, -0.2) is 4.98 Å². The molecule has 0 aliphatic rings. The molecular formula is C10H14N2O3. The topological polar surface area (TPSA) is 71.5 Å². The minimum atomic E-state index is -0.816. The molecule has 1 unspecified atom stereocenters. The fourth-order valence-corrected chi connectivity index (χ4v) is 0.989. The van der Waals surface area contributed by atoms with Crippen molar-refractivity contribution in [2.45, 2.75) is 6.92 Å². The Hall–Kier alpha value is -1.78. The van der Waals surface area contributed by atoms with Gasteiger partial charge in [-0.3, -0.25) is 4.79 Å². The second kappa shape index (κ2) is 5.19. The predicted molar refractivity (Wildman–Crippen MR) is 56.1 cm³/mol. The molecule has 0 radical (unpaired) electrons. The number of carboxylic acid groups (broad SMARTS) is 1. The summed E-state index contributed by atoms with van der Waals surface area (Å²) in [6.07, 6.45) is 1.60. The van der Waals surface area contributed by atoms with Crippen LogP contribution in [-0.4, -0.2) is 29.7 Å². The van der Waals surface area contributed by atoms with Gasteiger partial charge in [-0.1, -0.05) is 6.92 Å². The van der Waals surface area contributed by atoms with E-state index in [4.69, 9.17) is 9.84 Å². The Balaban J connectivity index is 2.53. The zero-order chi connectivity index (χ0) is 11.3. The van der Waals surface area contributed by atoms with Crippen molar-refractivity contribution in [2.75, 3.05) is 19.0 Å². The van der Waals surface area contributed by atoms with Gasteiger partial charge in [0.15, 0.2) is 0 Å². The van der Waals surface area contributed by atoms with E-state index in [0.29, 0.717) is 12.4 Å². The van der Waals surface area contributed by atoms with Crippen molar-refractivity contribution < 1.29 is 14.6 Å². The number of carbonyl (C=O) groups is 1. The molecule has 0 amide bonds. The van der Waals surface area contributed by atoms with Crippen LogP contribution in [0.4, 0.5) is 5.69 Å². The van der Waals surface area contributed by atoms with Gasteiger partial charge in [-0.15, -0.1) is 0 Å². The maximum absolute atomic E-state index is 10.6. The van der Waals surface area contributed by atoms with Crippen molar-refractivity contribution >= 4 is 11.7 Å².